The van der Waals surface area contributed by atoms with Gasteiger partial charge in [0.15, 0.2) is 0 Å². The van der Waals surface area contributed by atoms with Crippen molar-refractivity contribution in [3.05, 3.63) is 36.4 Å². The van der Waals surface area contributed by atoms with Gasteiger partial charge in [-0.15, -0.1) is 10.2 Å². The maximum absolute atomic E-state index is 11.0. The molecule has 6 nitrogen and oxygen atoms in total. The molecule has 0 unspecified atom stereocenters. The molecule has 0 aliphatic heterocycles. The molecule has 3 N–H and O–H groups in total. The standard InChI is InChI=1S/C14H16N4O2/c1-10(20)16-12-4-2-3-11(9-12)13-5-6-14(18-17-13)15-7-8-19/h2-6,9,19H,7-8H2,1H3,(H,15,18)(H,16,20). The van der Waals surface area contributed by atoms with Gasteiger partial charge in [-0.05, 0) is 24.3 Å². The van der Waals surface area contributed by atoms with E-state index in [0.29, 0.717) is 18.1 Å². The Balaban J connectivity index is 2.16. The van der Waals surface area contributed by atoms with E-state index in [1.54, 1.807) is 6.07 Å². The molecule has 0 saturated carbocycles. The van der Waals surface area contributed by atoms with Crippen molar-refractivity contribution in [3.8, 4) is 11.3 Å². The molecule has 104 valence electrons. The summed E-state index contributed by atoms with van der Waals surface area (Å²) >= 11 is 0. The number of anilines is 2. The number of carbonyl (C=O) groups excluding carboxylic acids is 1. The van der Waals surface area contributed by atoms with Crippen LogP contribution in [0.5, 0.6) is 0 Å². The van der Waals surface area contributed by atoms with Gasteiger partial charge in [-0.1, -0.05) is 12.1 Å². The van der Waals surface area contributed by atoms with E-state index < -0.39 is 0 Å². The average molecular weight is 272 g/mol. The van der Waals surface area contributed by atoms with E-state index in [4.69, 9.17) is 5.11 Å². The van der Waals surface area contributed by atoms with Crippen molar-refractivity contribution in [3.63, 3.8) is 0 Å². The predicted molar refractivity (Wildman–Crippen MR) is 77.3 cm³/mol. The second kappa shape index (κ2) is 6.63. The van der Waals surface area contributed by atoms with Gasteiger partial charge >= 0.3 is 0 Å². The van der Waals surface area contributed by atoms with E-state index in [1.807, 2.05) is 30.3 Å². The third kappa shape index (κ3) is 3.76. The molecule has 1 aromatic carbocycles. The van der Waals surface area contributed by atoms with Crippen LogP contribution in [0.15, 0.2) is 36.4 Å². The molecule has 0 aliphatic rings. The smallest absolute Gasteiger partial charge is 0.221 e. The van der Waals surface area contributed by atoms with Crippen LogP contribution < -0.4 is 10.6 Å². The number of amides is 1. The lowest BCUT2D eigenvalue weighted by atomic mass is 10.1. The summed E-state index contributed by atoms with van der Waals surface area (Å²) < 4.78 is 0. The van der Waals surface area contributed by atoms with Crippen LogP contribution in [0, 0.1) is 0 Å². The van der Waals surface area contributed by atoms with Crippen LogP contribution in [-0.2, 0) is 4.79 Å². The van der Waals surface area contributed by atoms with Gasteiger partial charge in [-0.3, -0.25) is 4.79 Å². The van der Waals surface area contributed by atoms with Gasteiger partial charge in [0, 0.05) is 24.7 Å². The average Bonchev–Trinajstić information content (AvgIpc) is 2.45. The van der Waals surface area contributed by atoms with Crippen LogP contribution in [0.4, 0.5) is 11.5 Å². The summed E-state index contributed by atoms with van der Waals surface area (Å²) in [5.74, 6) is 0.498. The Labute approximate surface area is 116 Å². The van der Waals surface area contributed by atoms with E-state index >= 15 is 0 Å². The lowest BCUT2D eigenvalue weighted by Gasteiger charge is -2.06. The summed E-state index contributed by atoms with van der Waals surface area (Å²) in [6.45, 7) is 1.95. The van der Waals surface area contributed by atoms with Crippen molar-refractivity contribution in [2.45, 2.75) is 6.92 Å². The zero-order valence-corrected chi connectivity index (χ0v) is 11.1. The zero-order chi connectivity index (χ0) is 14.4. The molecule has 1 heterocycles. The molecule has 1 amide bonds. The van der Waals surface area contributed by atoms with Gasteiger partial charge in [0.1, 0.15) is 5.82 Å². The minimum atomic E-state index is -0.114. The fourth-order valence-electron chi connectivity index (χ4n) is 1.72. The lowest BCUT2D eigenvalue weighted by Crippen LogP contribution is -2.07. The monoisotopic (exact) mass is 272 g/mol. The highest BCUT2D eigenvalue weighted by molar-refractivity contribution is 5.89. The first-order valence-electron chi connectivity index (χ1n) is 6.25. The van der Waals surface area contributed by atoms with Crippen LogP contribution in [0.25, 0.3) is 11.3 Å². The summed E-state index contributed by atoms with van der Waals surface area (Å²) in [6.07, 6.45) is 0. The minimum absolute atomic E-state index is 0.0438. The van der Waals surface area contributed by atoms with Crippen LogP contribution in [-0.4, -0.2) is 34.4 Å². The summed E-state index contributed by atoms with van der Waals surface area (Å²) in [7, 11) is 0. The van der Waals surface area contributed by atoms with Crippen LogP contribution in [0.3, 0.4) is 0 Å². The Kier molecular flexibility index (Phi) is 4.62. The molecule has 20 heavy (non-hydrogen) atoms. The molecule has 0 saturated heterocycles. The second-order valence-electron chi connectivity index (χ2n) is 4.22. The largest absolute Gasteiger partial charge is 0.395 e. The van der Waals surface area contributed by atoms with E-state index in [-0.39, 0.29) is 12.5 Å². The quantitative estimate of drug-likeness (QED) is 0.768. The number of rotatable bonds is 5. The molecule has 0 atom stereocenters. The highest BCUT2D eigenvalue weighted by atomic mass is 16.3. The molecule has 0 spiro atoms. The first kappa shape index (κ1) is 14.0. The molecule has 1 aromatic heterocycles. The number of nitrogens with one attached hydrogen (secondary N) is 2. The third-order valence-electron chi connectivity index (χ3n) is 2.56. The SMILES string of the molecule is CC(=O)Nc1cccc(-c2ccc(NCCO)nn2)c1. The summed E-state index contributed by atoms with van der Waals surface area (Å²) in [6, 6.07) is 11.0. The topological polar surface area (TPSA) is 87.1 Å². The number of aromatic nitrogens is 2. The van der Waals surface area contributed by atoms with E-state index in [2.05, 4.69) is 20.8 Å². The van der Waals surface area contributed by atoms with Gasteiger partial charge in [-0.2, -0.15) is 0 Å². The Morgan fingerprint density at radius 3 is 2.75 bits per heavy atom. The first-order valence-corrected chi connectivity index (χ1v) is 6.25. The van der Waals surface area contributed by atoms with Crippen molar-refractivity contribution in [2.75, 3.05) is 23.8 Å². The molecule has 0 aliphatic carbocycles. The highest BCUT2D eigenvalue weighted by Crippen LogP contribution is 2.20. The number of hydrogen-bond donors (Lipinski definition) is 3. The van der Waals surface area contributed by atoms with Crippen LogP contribution in [0.1, 0.15) is 6.92 Å². The van der Waals surface area contributed by atoms with E-state index in [0.717, 1.165) is 11.3 Å². The third-order valence-corrected chi connectivity index (χ3v) is 2.56. The molecule has 2 aromatic rings. The lowest BCUT2D eigenvalue weighted by molar-refractivity contribution is -0.114. The summed E-state index contributed by atoms with van der Waals surface area (Å²) in [5, 5.41) is 22.5. The number of nitrogens with zero attached hydrogens (tertiary/aromatic N) is 2. The van der Waals surface area contributed by atoms with Crippen LogP contribution >= 0.6 is 0 Å². The Bertz CT molecular complexity index is 584. The fraction of sp³-hybridized carbons (Fsp3) is 0.214. The van der Waals surface area contributed by atoms with Gasteiger partial charge in [0.05, 0.1) is 12.3 Å². The summed E-state index contributed by atoms with van der Waals surface area (Å²) in [4.78, 5) is 11.0. The minimum Gasteiger partial charge on any atom is -0.395 e. The van der Waals surface area contributed by atoms with Gasteiger partial charge in [-0.25, -0.2) is 0 Å². The number of aliphatic hydroxyl groups excluding tert-OH is 1. The van der Waals surface area contributed by atoms with Crippen molar-refractivity contribution < 1.29 is 9.90 Å². The Morgan fingerprint density at radius 1 is 1.25 bits per heavy atom. The Morgan fingerprint density at radius 2 is 2.10 bits per heavy atom. The number of carbonyl (C=O) groups is 1. The fourth-order valence-corrected chi connectivity index (χ4v) is 1.72. The second-order valence-corrected chi connectivity index (χ2v) is 4.22. The maximum atomic E-state index is 11.0. The van der Waals surface area contributed by atoms with Gasteiger partial charge in [0.2, 0.25) is 5.91 Å². The normalized spacial score (nSPS) is 10.1. The van der Waals surface area contributed by atoms with Gasteiger partial charge in [0.25, 0.3) is 0 Å². The summed E-state index contributed by atoms with van der Waals surface area (Å²) in [5.41, 5.74) is 2.31. The molecule has 0 bridgehead atoms. The Hall–Kier alpha value is -2.47. The zero-order valence-electron chi connectivity index (χ0n) is 11.1. The number of benzene rings is 1. The predicted octanol–water partition coefficient (Wildman–Crippen LogP) is 1.51. The molecule has 0 fully saturated rings. The van der Waals surface area contributed by atoms with Crippen molar-refractivity contribution in [2.24, 2.45) is 0 Å². The molecule has 0 radical (unpaired) electrons. The van der Waals surface area contributed by atoms with E-state index in [9.17, 15) is 4.79 Å². The highest BCUT2D eigenvalue weighted by Gasteiger charge is 2.03. The van der Waals surface area contributed by atoms with Crippen molar-refractivity contribution in [1.29, 1.82) is 0 Å². The molecular weight excluding hydrogens is 256 g/mol. The van der Waals surface area contributed by atoms with Crippen molar-refractivity contribution in [1.82, 2.24) is 10.2 Å². The number of hydrogen-bond acceptors (Lipinski definition) is 5. The van der Waals surface area contributed by atoms with Gasteiger partial charge < -0.3 is 15.7 Å². The molecule has 6 heteroatoms. The molecule has 2 rings (SSSR count). The first-order chi connectivity index (χ1) is 9.69. The number of aliphatic hydroxyl groups is 1. The van der Waals surface area contributed by atoms with Crippen molar-refractivity contribution >= 4 is 17.4 Å². The molecular formula is C14H16N4O2. The van der Waals surface area contributed by atoms with Crippen LogP contribution in [0.2, 0.25) is 0 Å². The van der Waals surface area contributed by atoms with E-state index in [1.165, 1.54) is 6.92 Å². The maximum Gasteiger partial charge on any atom is 0.221 e.